The number of rotatable bonds is 0. The fraction of sp³-hybridized carbons (Fsp3) is 0. The van der Waals surface area contributed by atoms with Gasteiger partial charge >= 0.3 is 0 Å². The molecule has 0 spiro atoms. The first kappa shape index (κ1) is 9.41. The van der Waals surface area contributed by atoms with Gasteiger partial charge in [-0.15, -0.1) is 0 Å². The van der Waals surface area contributed by atoms with Crippen LogP contribution in [0.5, 0.6) is 0 Å². The van der Waals surface area contributed by atoms with Crippen molar-refractivity contribution in [2.45, 2.75) is 0 Å². The molecule has 0 saturated heterocycles. The van der Waals surface area contributed by atoms with Gasteiger partial charge in [-0.05, 0) is 12.1 Å². The molecule has 2 aromatic carbocycles. The Labute approximate surface area is 101 Å². The van der Waals surface area contributed by atoms with Crippen molar-refractivity contribution in [3.63, 3.8) is 0 Å². The lowest BCUT2D eigenvalue weighted by atomic mass is 10.1. The number of para-hydroxylation sites is 1. The zero-order chi connectivity index (χ0) is 12.1. The average molecular weight is 235 g/mol. The Kier molecular flexibility index (Phi) is 1.67. The Morgan fingerprint density at radius 3 is 2.83 bits per heavy atom. The summed E-state index contributed by atoms with van der Waals surface area (Å²) in [5, 5.41) is 8.11. The number of pyridine rings is 1. The molecule has 0 saturated carbocycles. The highest BCUT2D eigenvalue weighted by molar-refractivity contribution is 5.81. The third-order valence-electron chi connectivity index (χ3n) is 3.27. The molecular weight excluding hydrogens is 226 g/mol. The van der Waals surface area contributed by atoms with Crippen LogP contribution >= 0.6 is 0 Å². The van der Waals surface area contributed by atoms with Crippen molar-refractivity contribution >= 4 is 16.6 Å². The summed E-state index contributed by atoms with van der Waals surface area (Å²) in [6, 6.07) is 13.6. The van der Waals surface area contributed by atoms with Crippen LogP contribution in [-0.4, -0.2) is 4.98 Å². The van der Waals surface area contributed by atoms with Crippen LogP contribution in [-0.2, 0) is 0 Å². The lowest BCUT2D eigenvalue weighted by molar-refractivity contribution is 1.19. The molecule has 18 heavy (non-hydrogen) atoms. The number of aromatic amines is 1. The second-order valence-electron chi connectivity index (χ2n) is 4.30. The summed E-state index contributed by atoms with van der Waals surface area (Å²) < 4.78 is 0. The second-order valence-corrected chi connectivity index (χ2v) is 4.30. The Balaban J connectivity index is 2.54. The summed E-state index contributed by atoms with van der Waals surface area (Å²) in [6.45, 7) is 0. The molecular formula is C14H9N3O. The predicted octanol–water partition coefficient (Wildman–Crippen LogP) is 1.49. The molecule has 0 fully saturated rings. The topological polar surface area (TPSA) is 57.2 Å². The molecule has 4 bridgehead atoms. The molecule has 0 amide bonds. The van der Waals surface area contributed by atoms with E-state index >= 15 is 0 Å². The SMILES string of the molecule is O=c1[nH]c2cccc3c1NN=c1ccccc1=c23. The van der Waals surface area contributed by atoms with E-state index in [1.807, 2.05) is 42.5 Å². The van der Waals surface area contributed by atoms with Crippen LogP contribution in [0.3, 0.4) is 0 Å². The Morgan fingerprint density at radius 2 is 1.89 bits per heavy atom. The lowest BCUT2D eigenvalue weighted by Gasteiger charge is -2.03. The number of nitrogens with zero attached hydrogens (tertiary/aromatic N) is 1. The largest absolute Gasteiger partial charge is 0.320 e. The number of anilines is 1. The highest BCUT2D eigenvalue weighted by Gasteiger charge is 2.10. The molecule has 86 valence electrons. The van der Waals surface area contributed by atoms with E-state index in [2.05, 4.69) is 15.5 Å². The Hall–Kier alpha value is -2.62. The average Bonchev–Trinajstić information content (AvgIpc) is 2.51. The fourth-order valence-electron chi connectivity index (χ4n) is 2.47. The zero-order valence-corrected chi connectivity index (χ0v) is 9.40. The maximum Gasteiger partial charge on any atom is 0.274 e. The van der Waals surface area contributed by atoms with Crippen molar-refractivity contribution in [1.29, 1.82) is 0 Å². The number of benzene rings is 2. The van der Waals surface area contributed by atoms with Gasteiger partial charge in [0, 0.05) is 21.3 Å². The molecule has 2 N–H and O–H groups in total. The van der Waals surface area contributed by atoms with Crippen LogP contribution in [0.25, 0.3) is 10.9 Å². The zero-order valence-electron chi connectivity index (χ0n) is 9.40. The minimum atomic E-state index is -0.138. The third kappa shape index (κ3) is 1.09. The Bertz CT molecular complexity index is 972. The maximum absolute atomic E-state index is 11.9. The normalized spacial score (nSPS) is 12.4. The minimum Gasteiger partial charge on any atom is -0.320 e. The smallest absolute Gasteiger partial charge is 0.274 e. The molecule has 4 rings (SSSR count). The highest BCUT2D eigenvalue weighted by Crippen LogP contribution is 2.19. The molecule has 0 unspecified atom stereocenters. The van der Waals surface area contributed by atoms with Crippen molar-refractivity contribution in [2.24, 2.45) is 5.10 Å². The molecule has 0 radical (unpaired) electrons. The monoisotopic (exact) mass is 235 g/mol. The number of aromatic nitrogens is 1. The number of nitrogens with one attached hydrogen (secondary N) is 2. The van der Waals surface area contributed by atoms with E-state index < -0.39 is 0 Å². The quantitative estimate of drug-likeness (QED) is 0.620. The summed E-state index contributed by atoms with van der Waals surface area (Å²) in [7, 11) is 0. The van der Waals surface area contributed by atoms with E-state index in [0.717, 1.165) is 26.7 Å². The Morgan fingerprint density at radius 1 is 1.00 bits per heavy atom. The summed E-state index contributed by atoms with van der Waals surface area (Å²) in [5.41, 5.74) is 4.08. The minimum absolute atomic E-state index is 0.138. The first-order valence-electron chi connectivity index (χ1n) is 5.72. The van der Waals surface area contributed by atoms with E-state index in [9.17, 15) is 4.79 Å². The van der Waals surface area contributed by atoms with Crippen LogP contribution in [0.15, 0.2) is 52.4 Å². The summed E-state index contributed by atoms with van der Waals surface area (Å²) >= 11 is 0. The lowest BCUT2D eigenvalue weighted by Crippen LogP contribution is -2.12. The van der Waals surface area contributed by atoms with Gasteiger partial charge in [0.15, 0.2) is 0 Å². The number of fused-ring (bicyclic) bond motifs is 1. The van der Waals surface area contributed by atoms with E-state index in [-0.39, 0.29) is 5.56 Å². The van der Waals surface area contributed by atoms with E-state index in [4.69, 9.17) is 0 Å². The summed E-state index contributed by atoms with van der Waals surface area (Å²) in [4.78, 5) is 14.8. The molecule has 2 heterocycles. The molecule has 1 aliphatic rings. The van der Waals surface area contributed by atoms with Crippen LogP contribution in [0, 0.1) is 10.4 Å². The molecule has 0 aliphatic carbocycles. The van der Waals surface area contributed by atoms with Gasteiger partial charge in [0.05, 0.1) is 5.36 Å². The van der Waals surface area contributed by atoms with Gasteiger partial charge in [-0.3, -0.25) is 10.2 Å². The second kappa shape index (κ2) is 3.20. The van der Waals surface area contributed by atoms with Crippen LogP contribution in [0.1, 0.15) is 0 Å². The van der Waals surface area contributed by atoms with Gasteiger partial charge < -0.3 is 4.98 Å². The highest BCUT2D eigenvalue weighted by atomic mass is 16.1. The van der Waals surface area contributed by atoms with Crippen molar-refractivity contribution in [3.05, 3.63) is 68.6 Å². The van der Waals surface area contributed by atoms with Gasteiger partial charge in [-0.1, -0.05) is 30.3 Å². The van der Waals surface area contributed by atoms with Gasteiger partial charge in [-0.25, -0.2) is 0 Å². The van der Waals surface area contributed by atoms with Crippen molar-refractivity contribution < 1.29 is 0 Å². The van der Waals surface area contributed by atoms with E-state index in [0.29, 0.717) is 5.69 Å². The molecule has 1 aliphatic heterocycles. The van der Waals surface area contributed by atoms with Gasteiger partial charge in [0.1, 0.15) is 5.69 Å². The van der Waals surface area contributed by atoms with Crippen molar-refractivity contribution in [1.82, 2.24) is 4.98 Å². The maximum atomic E-state index is 11.9. The standard InChI is InChI=1S/C14H9N3O/c18-14-13-9-5-3-7-11(15-14)12(9)8-4-1-2-6-10(8)16-17-13/h1-7,17H,(H,15,18). The van der Waals surface area contributed by atoms with E-state index in [1.54, 1.807) is 0 Å². The third-order valence-corrected chi connectivity index (χ3v) is 3.27. The van der Waals surface area contributed by atoms with E-state index in [1.165, 1.54) is 0 Å². The van der Waals surface area contributed by atoms with Gasteiger partial charge in [0.25, 0.3) is 5.56 Å². The predicted molar refractivity (Wildman–Crippen MR) is 69.1 cm³/mol. The molecule has 1 aromatic heterocycles. The fourth-order valence-corrected chi connectivity index (χ4v) is 2.47. The molecule has 3 aromatic rings. The van der Waals surface area contributed by atoms with Crippen molar-refractivity contribution in [2.75, 3.05) is 5.43 Å². The number of H-pyrrole nitrogens is 1. The molecule has 4 nitrogen and oxygen atoms in total. The summed E-state index contributed by atoms with van der Waals surface area (Å²) in [5.74, 6) is 0. The van der Waals surface area contributed by atoms with Crippen LogP contribution in [0.2, 0.25) is 0 Å². The van der Waals surface area contributed by atoms with Gasteiger partial charge in [0.2, 0.25) is 0 Å². The van der Waals surface area contributed by atoms with Crippen molar-refractivity contribution in [3.8, 4) is 0 Å². The molecule has 0 atom stereocenters. The van der Waals surface area contributed by atoms with Gasteiger partial charge in [-0.2, -0.15) is 5.10 Å². The molecule has 4 heteroatoms. The first-order chi connectivity index (χ1) is 8.84. The first-order valence-corrected chi connectivity index (χ1v) is 5.72. The summed E-state index contributed by atoms with van der Waals surface area (Å²) in [6.07, 6.45) is 0. The van der Waals surface area contributed by atoms with Crippen LogP contribution in [0.4, 0.5) is 5.69 Å². The number of hydrogen-bond acceptors (Lipinski definition) is 3. The van der Waals surface area contributed by atoms with Crippen LogP contribution < -0.4 is 16.3 Å². The number of hydrogen-bond donors (Lipinski definition) is 2.